The lowest BCUT2D eigenvalue weighted by Crippen LogP contribution is -2.06. The van der Waals surface area contributed by atoms with E-state index in [1.54, 1.807) is 18.2 Å². The summed E-state index contributed by atoms with van der Waals surface area (Å²) in [6.45, 7) is 1.97. The highest BCUT2D eigenvalue weighted by atomic mass is 35.5. The van der Waals surface area contributed by atoms with Crippen molar-refractivity contribution in [3.8, 4) is 0 Å². The van der Waals surface area contributed by atoms with Gasteiger partial charge in [-0.1, -0.05) is 29.3 Å². The van der Waals surface area contributed by atoms with E-state index in [4.69, 9.17) is 23.2 Å². The molecule has 1 aliphatic rings. The molecule has 0 spiro atoms. The van der Waals surface area contributed by atoms with Crippen LogP contribution in [0.5, 0.6) is 0 Å². The van der Waals surface area contributed by atoms with Crippen molar-refractivity contribution in [2.75, 3.05) is 5.32 Å². The fraction of sp³-hybridized carbons (Fsp3) is 0.200. The molecular formula is C15H12Cl2FN. The van der Waals surface area contributed by atoms with Crippen LogP contribution in [0.25, 0.3) is 0 Å². The predicted molar refractivity (Wildman–Crippen MR) is 77.7 cm³/mol. The minimum absolute atomic E-state index is 0.0307. The molecular weight excluding hydrogens is 284 g/mol. The van der Waals surface area contributed by atoms with Gasteiger partial charge in [-0.15, -0.1) is 0 Å². The molecule has 1 unspecified atom stereocenters. The molecule has 19 heavy (non-hydrogen) atoms. The Labute approximate surface area is 121 Å². The molecule has 0 saturated heterocycles. The highest BCUT2D eigenvalue weighted by Crippen LogP contribution is 2.40. The predicted octanol–water partition coefficient (Wildman–Crippen LogP) is 5.15. The van der Waals surface area contributed by atoms with Gasteiger partial charge in [0.25, 0.3) is 0 Å². The van der Waals surface area contributed by atoms with E-state index in [0.29, 0.717) is 16.5 Å². The average molecular weight is 296 g/mol. The van der Waals surface area contributed by atoms with Gasteiger partial charge < -0.3 is 5.32 Å². The number of fused-ring (bicyclic) bond motifs is 1. The molecule has 98 valence electrons. The van der Waals surface area contributed by atoms with Crippen LogP contribution < -0.4 is 5.32 Å². The van der Waals surface area contributed by atoms with Crippen molar-refractivity contribution < 1.29 is 4.39 Å². The van der Waals surface area contributed by atoms with E-state index in [-0.39, 0.29) is 11.9 Å². The summed E-state index contributed by atoms with van der Waals surface area (Å²) >= 11 is 12.2. The molecule has 0 aromatic heterocycles. The molecule has 0 saturated carbocycles. The molecule has 1 aliphatic heterocycles. The van der Waals surface area contributed by atoms with Crippen LogP contribution in [0, 0.1) is 12.7 Å². The highest BCUT2D eigenvalue weighted by molar-refractivity contribution is 6.33. The molecule has 2 aromatic rings. The number of nitrogens with one attached hydrogen (secondary N) is 1. The molecule has 4 heteroatoms. The summed E-state index contributed by atoms with van der Waals surface area (Å²) in [5.74, 6) is -0.172. The zero-order chi connectivity index (χ0) is 13.6. The summed E-state index contributed by atoms with van der Waals surface area (Å²) in [6.07, 6.45) is 0.586. The minimum Gasteiger partial charge on any atom is -0.377 e. The van der Waals surface area contributed by atoms with Crippen LogP contribution in [0.4, 0.5) is 10.1 Å². The first kappa shape index (κ1) is 12.8. The van der Waals surface area contributed by atoms with E-state index < -0.39 is 0 Å². The second-order valence-electron chi connectivity index (χ2n) is 4.78. The van der Waals surface area contributed by atoms with E-state index in [1.165, 1.54) is 6.07 Å². The summed E-state index contributed by atoms with van der Waals surface area (Å²) in [5, 5.41) is 4.62. The largest absolute Gasteiger partial charge is 0.377 e. The fourth-order valence-corrected chi connectivity index (χ4v) is 2.97. The maximum absolute atomic E-state index is 13.8. The van der Waals surface area contributed by atoms with E-state index >= 15 is 0 Å². The molecule has 0 aliphatic carbocycles. The van der Waals surface area contributed by atoms with Crippen LogP contribution in [-0.2, 0) is 6.42 Å². The lowest BCUT2D eigenvalue weighted by molar-refractivity contribution is 0.610. The molecule has 0 radical (unpaired) electrons. The Morgan fingerprint density at radius 1 is 1.21 bits per heavy atom. The normalized spacial score (nSPS) is 17.2. The molecule has 0 amide bonds. The van der Waals surface area contributed by atoms with Crippen molar-refractivity contribution in [1.82, 2.24) is 0 Å². The third-order valence-corrected chi connectivity index (χ3v) is 4.10. The zero-order valence-electron chi connectivity index (χ0n) is 10.3. The molecule has 1 atom stereocenters. The Hall–Kier alpha value is -1.25. The van der Waals surface area contributed by atoms with Crippen molar-refractivity contribution in [1.29, 1.82) is 0 Å². The van der Waals surface area contributed by atoms with Crippen LogP contribution >= 0.6 is 23.2 Å². The van der Waals surface area contributed by atoms with Gasteiger partial charge in [-0.05, 0) is 42.3 Å². The first-order valence-corrected chi connectivity index (χ1v) is 6.81. The molecule has 1 N–H and O–H groups in total. The number of hydrogen-bond donors (Lipinski definition) is 1. The highest BCUT2D eigenvalue weighted by Gasteiger charge is 2.27. The Balaban J connectivity index is 2.02. The van der Waals surface area contributed by atoms with Crippen LogP contribution in [0.2, 0.25) is 10.0 Å². The van der Waals surface area contributed by atoms with Gasteiger partial charge >= 0.3 is 0 Å². The maximum atomic E-state index is 13.8. The number of anilines is 1. The quantitative estimate of drug-likeness (QED) is 0.767. The molecule has 3 rings (SSSR count). The third kappa shape index (κ3) is 2.19. The summed E-state index contributed by atoms with van der Waals surface area (Å²) in [5.41, 5.74) is 3.54. The van der Waals surface area contributed by atoms with Crippen molar-refractivity contribution in [2.45, 2.75) is 19.4 Å². The van der Waals surface area contributed by atoms with Crippen LogP contribution in [0.15, 0.2) is 30.3 Å². The lowest BCUT2D eigenvalue weighted by Gasteiger charge is -2.14. The number of aryl methyl sites for hydroxylation is 1. The number of halogens is 3. The third-order valence-electron chi connectivity index (χ3n) is 3.52. The molecule has 2 aromatic carbocycles. The van der Waals surface area contributed by atoms with Crippen LogP contribution in [0.3, 0.4) is 0 Å². The number of benzene rings is 2. The van der Waals surface area contributed by atoms with Gasteiger partial charge in [-0.3, -0.25) is 0 Å². The van der Waals surface area contributed by atoms with Crippen molar-refractivity contribution in [2.24, 2.45) is 0 Å². The van der Waals surface area contributed by atoms with Crippen molar-refractivity contribution in [3.05, 3.63) is 62.9 Å². The number of hydrogen-bond acceptors (Lipinski definition) is 1. The van der Waals surface area contributed by atoms with Gasteiger partial charge in [0.1, 0.15) is 5.82 Å². The molecule has 0 bridgehead atoms. The van der Waals surface area contributed by atoms with E-state index in [9.17, 15) is 4.39 Å². The Morgan fingerprint density at radius 2 is 2.00 bits per heavy atom. The zero-order valence-corrected chi connectivity index (χ0v) is 11.8. The van der Waals surface area contributed by atoms with Gasteiger partial charge in [0.2, 0.25) is 0 Å². The van der Waals surface area contributed by atoms with E-state index in [2.05, 4.69) is 5.32 Å². The SMILES string of the molecule is Cc1ccc(F)c2c1NC(c1cc(Cl)ccc1Cl)C2. The van der Waals surface area contributed by atoms with Gasteiger partial charge in [0.05, 0.1) is 6.04 Å². The lowest BCUT2D eigenvalue weighted by atomic mass is 10.0. The first-order chi connectivity index (χ1) is 9.06. The maximum Gasteiger partial charge on any atom is 0.128 e. The van der Waals surface area contributed by atoms with Crippen LogP contribution in [-0.4, -0.2) is 0 Å². The average Bonchev–Trinajstić information content (AvgIpc) is 2.83. The molecule has 0 fully saturated rings. The standard InChI is InChI=1S/C15H12Cl2FN/c1-8-2-5-13(18)11-7-14(19-15(8)11)10-6-9(16)3-4-12(10)17/h2-6,14,19H,7H2,1H3. The smallest absolute Gasteiger partial charge is 0.128 e. The second-order valence-corrected chi connectivity index (χ2v) is 5.63. The topological polar surface area (TPSA) is 12.0 Å². The van der Waals surface area contributed by atoms with Crippen LogP contribution in [0.1, 0.15) is 22.7 Å². The van der Waals surface area contributed by atoms with Gasteiger partial charge in [-0.25, -0.2) is 4.39 Å². The van der Waals surface area contributed by atoms with Gasteiger partial charge in [0.15, 0.2) is 0 Å². The summed E-state index contributed by atoms with van der Waals surface area (Å²) in [4.78, 5) is 0. The first-order valence-electron chi connectivity index (χ1n) is 6.05. The minimum atomic E-state index is -0.172. The summed E-state index contributed by atoms with van der Waals surface area (Å²) in [7, 11) is 0. The number of rotatable bonds is 1. The molecule has 1 nitrogen and oxygen atoms in total. The van der Waals surface area contributed by atoms with Crippen molar-refractivity contribution >= 4 is 28.9 Å². The van der Waals surface area contributed by atoms with Crippen molar-refractivity contribution in [3.63, 3.8) is 0 Å². The van der Waals surface area contributed by atoms with Gasteiger partial charge in [-0.2, -0.15) is 0 Å². The summed E-state index contributed by atoms with van der Waals surface area (Å²) in [6, 6.07) is 8.62. The molecule has 1 heterocycles. The van der Waals surface area contributed by atoms with E-state index in [0.717, 1.165) is 22.4 Å². The Bertz CT molecular complexity index is 624. The Morgan fingerprint density at radius 3 is 2.74 bits per heavy atom. The fourth-order valence-electron chi connectivity index (χ4n) is 2.54. The Kier molecular flexibility index (Phi) is 3.15. The van der Waals surface area contributed by atoms with Gasteiger partial charge in [0, 0.05) is 27.7 Å². The summed E-state index contributed by atoms with van der Waals surface area (Å²) < 4.78 is 13.8. The second kappa shape index (κ2) is 4.69. The van der Waals surface area contributed by atoms with E-state index in [1.807, 2.05) is 13.0 Å². The monoisotopic (exact) mass is 295 g/mol.